The van der Waals surface area contributed by atoms with Crippen LogP contribution in [0.25, 0.3) is 0 Å². The van der Waals surface area contributed by atoms with Gasteiger partial charge in [-0.3, -0.25) is 0 Å². The summed E-state index contributed by atoms with van der Waals surface area (Å²) in [6.45, 7) is 7.48. The van der Waals surface area contributed by atoms with Crippen molar-refractivity contribution in [3.8, 4) is 0 Å². The molecule has 0 aliphatic carbocycles. The van der Waals surface area contributed by atoms with Crippen LogP contribution in [0.2, 0.25) is 12.1 Å². The molecule has 0 heterocycles. The molecule has 2 heteroatoms. The molecule has 0 aliphatic rings. The van der Waals surface area contributed by atoms with Crippen LogP contribution in [0.3, 0.4) is 0 Å². The second-order valence-electron chi connectivity index (χ2n) is 2.67. The summed E-state index contributed by atoms with van der Waals surface area (Å²) >= 11 is 0. The second-order valence-corrected chi connectivity index (χ2v) is 5.95. The molecule has 0 saturated heterocycles. The van der Waals surface area contributed by atoms with Gasteiger partial charge in [-0.25, -0.2) is 0 Å². The van der Waals surface area contributed by atoms with Gasteiger partial charge in [-0.05, 0) is 26.2 Å². The monoisotopic (exact) mass is 155 g/mol. The first-order chi connectivity index (χ1) is 4.72. The lowest BCUT2D eigenvalue weighted by molar-refractivity contribution is 0.639. The van der Waals surface area contributed by atoms with Gasteiger partial charge in [0.2, 0.25) is 0 Å². The van der Waals surface area contributed by atoms with E-state index in [4.69, 9.17) is 0 Å². The van der Waals surface area contributed by atoms with E-state index in [-0.39, 0.29) is 0 Å². The van der Waals surface area contributed by atoms with Gasteiger partial charge in [-0.1, -0.05) is 12.2 Å². The van der Waals surface area contributed by atoms with E-state index in [1.807, 2.05) is 12.2 Å². The Morgan fingerprint density at radius 2 is 1.60 bits per heavy atom. The molecule has 0 aromatic carbocycles. The van der Waals surface area contributed by atoms with Crippen LogP contribution < -0.4 is 0 Å². The SMILES string of the molecule is C=CC[SiH](CC=C)N(C)C. The third-order valence-electron chi connectivity index (χ3n) is 1.61. The first-order valence-corrected chi connectivity index (χ1v) is 5.75. The van der Waals surface area contributed by atoms with Crippen LogP contribution >= 0.6 is 0 Å². The summed E-state index contributed by atoms with van der Waals surface area (Å²) in [6, 6.07) is 2.36. The molecule has 0 N–H and O–H groups in total. The molecule has 0 aliphatic heterocycles. The lowest BCUT2D eigenvalue weighted by Crippen LogP contribution is -2.31. The molecule has 0 bridgehead atoms. The van der Waals surface area contributed by atoms with Gasteiger partial charge < -0.3 is 4.57 Å². The summed E-state index contributed by atoms with van der Waals surface area (Å²) < 4.78 is 2.34. The molecule has 0 saturated carbocycles. The molecule has 0 radical (unpaired) electrons. The Balaban J connectivity index is 3.70. The maximum absolute atomic E-state index is 3.74. The van der Waals surface area contributed by atoms with E-state index >= 15 is 0 Å². The van der Waals surface area contributed by atoms with Crippen LogP contribution in [0.5, 0.6) is 0 Å². The predicted molar refractivity (Wildman–Crippen MR) is 50.8 cm³/mol. The van der Waals surface area contributed by atoms with Crippen LogP contribution in [0.4, 0.5) is 0 Å². The minimum absolute atomic E-state index is 0.710. The fourth-order valence-corrected chi connectivity index (χ4v) is 2.71. The van der Waals surface area contributed by atoms with Crippen LogP contribution in [-0.2, 0) is 0 Å². The zero-order valence-electron chi connectivity index (χ0n) is 7.01. The molecule has 0 rings (SSSR count). The molecule has 0 unspecified atom stereocenters. The summed E-state index contributed by atoms with van der Waals surface area (Å²) in [4.78, 5) is 0. The Labute approximate surface area is 65.7 Å². The zero-order chi connectivity index (χ0) is 7.98. The van der Waals surface area contributed by atoms with E-state index in [0.29, 0.717) is 0 Å². The Kier molecular flexibility index (Phi) is 5.26. The van der Waals surface area contributed by atoms with Crippen molar-refractivity contribution in [3.05, 3.63) is 25.3 Å². The number of hydrogen-bond donors (Lipinski definition) is 0. The quantitative estimate of drug-likeness (QED) is 0.431. The Bertz CT molecular complexity index is 99.8. The molecule has 0 fully saturated rings. The fourth-order valence-electron chi connectivity index (χ4n) is 0.903. The summed E-state index contributed by atoms with van der Waals surface area (Å²) in [5.74, 6) is 0. The van der Waals surface area contributed by atoms with E-state index < -0.39 is 8.96 Å². The molecule has 1 nitrogen and oxygen atoms in total. The van der Waals surface area contributed by atoms with Crippen LogP contribution in [0, 0.1) is 0 Å². The largest absolute Gasteiger partial charge is 0.331 e. The van der Waals surface area contributed by atoms with Gasteiger partial charge in [0.1, 0.15) is 8.96 Å². The normalized spacial score (nSPS) is 10.4. The van der Waals surface area contributed by atoms with E-state index in [1.54, 1.807) is 0 Å². The summed E-state index contributed by atoms with van der Waals surface area (Å²) in [5.41, 5.74) is 0. The van der Waals surface area contributed by atoms with Gasteiger partial charge in [0, 0.05) is 0 Å². The molecule has 58 valence electrons. The molecule has 10 heavy (non-hydrogen) atoms. The highest BCUT2D eigenvalue weighted by atomic mass is 28.3. The van der Waals surface area contributed by atoms with Crippen molar-refractivity contribution in [3.63, 3.8) is 0 Å². The summed E-state index contributed by atoms with van der Waals surface area (Å²) in [5, 5.41) is 0. The number of hydrogen-bond acceptors (Lipinski definition) is 1. The second kappa shape index (κ2) is 5.44. The highest BCUT2D eigenvalue weighted by Crippen LogP contribution is 2.02. The highest BCUT2D eigenvalue weighted by Gasteiger charge is 2.08. The molecule has 0 aromatic heterocycles. The number of rotatable bonds is 5. The molecule has 0 amide bonds. The van der Waals surface area contributed by atoms with Crippen molar-refractivity contribution in [2.24, 2.45) is 0 Å². The van der Waals surface area contributed by atoms with Crippen LogP contribution in [-0.4, -0.2) is 27.6 Å². The maximum atomic E-state index is 3.74. The van der Waals surface area contributed by atoms with Gasteiger partial charge in [-0.2, -0.15) is 0 Å². The van der Waals surface area contributed by atoms with E-state index in [0.717, 1.165) is 0 Å². The molecule has 0 atom stereocenters. The highest BCUT2D eigenvalue weighted by molar-refractivity contribution is 6.56. The van der Waals surface area contributed by atoms with E-state index in [1.165, 1.54) is 12.1 Å². The molecular weight excluding hydrogens is 138 g/mol. The molecular formula is C8H17NSi. The van der Waals surface area contributed by atoms with Crippen LogP contribution in [0.1, 0.15) is 0 Å². The summed E-state index contributed by atoms with van der Waals surface area (Å²) in [6.07, 6.45) is 4.03. The lowest BCUT2D eigenvalue weighted by atomic mass is 10.7. The van der Waals surface area contributed by atoms with Gasteiger partial charge in [-0.15, -0.1) is 13.2 Å². The Morgan fingerprint density at radius 3 is 1.80 bits per heavy atom. The first-order valence-electron chi connectivity index (χ1n) is 3.60. The van der Waals surface area contributed by atoms with E-state index in [9.17, 15) is 0 Å². The first kappa shape index (κ1) is 9.66. The maximum Gasteiger partial charge on any atom is 0.118 e. The van der Waals surface area contributed by atoms with E-state index in [2.05, 4.69) is 31.8 Å². The fraction of sp³-hybridized carbons (Fsp3) is 0.500. The standard InChI is InChI=1S/C8H17NSi/c1-5-7-10(8-6-2)9(3)4/h5-6,10H,1-2,7-8H2,3-4H3. The van der Waals surface area contributed by atoms with Crippen molar-refractivity contribution >= 4 is 8.96 Å². The molecule has 0 spiro atoms. The Morgan fingerprint density at radius 1 is 1.20 bits per heavy atom. The smallest absolute Gasteiger partial charge is 0.118 e. The number of nitrogens with zero attached hydrogens (tertiary/aromatic N) is 1. The van der Waals surface area contributed by atoms with Crippen molar-refractivity contribution < 1.29 is 0 Å². The lowest BCUT2D eigenvalue weighted by Gasteiger charge is -2.19. The predicted octanol–water partition coefficient (Wildman–Crippen LogP) is 1.64. The average Bonchev–Trinajstić information content (AvgIpc) is 1.87. The topological polar surface area (TPSA) is 3.24 Å². The molecule has 0 aromatic rings. The number of allylic oxidation sites excluding steroid dienone is 2. The minimum Gasteiger partial charge on any atom is -0.331 e. The van der Waals surface area contributed by atoms with Gasteiger partial charge in [0.15, 0.2) is 0 Å². The van der Waals surface area contributed by atoms with Gasteiger partial charge >= 0.3 is 0 Å². The van der Waals surface area contributed by atoms with Crippen molar-refractivity contribution in [1.82, 2.24) is 4.57 Å². The van der Waals surface area contributed by atoms with Crippen molar-refractivity contribution in [2.45, 2.75) is 12.1 Å². The van der Waals surface area contributed by atoms with Gasteiger partial charge in [0.25, 0.3) is 0 Å². The summed E-state index contributed by atoms with van der Waals surface area (Å²) in [7, 11) is 3.58. The van der Waals surface area contributed by atoms with Crippen molar-refractivity contribution in [2.75, 3.05) is 14.1 Å². The Hall–Kier alpha value is -0.343. The third kappa shape index (κ3) is 3.64. The average molecular weight is 155 g/mol. The van der Waals surface area contributed by atoms with Crippen LogP contribution in [0.15, 0.2) is 25.3 Å². The van der Waals surface area contributed by atoms with Crippen molar-refractivity contribution in [1.29, 1.82) is 0 Å². The third-order valence-corrected chi connectivity index (χ3v) is 4.82. The minimum atomic E-state index is -0.710. The zero-order valence-corrected chi connectivity index (χ0v) is 8.16. The van der Waals surface area contributed by atoms with Gasteiger partial charge in [0.05, 0.1) is 0 Å².